The van der Waals surface area contributed by atoms with Gasteiger partial charge in [-0.25, -0.2) is 0 Å². The molecule has 70 heavy (non-hydrogen) atoms. The number of nitrogens with two attached hydrogens (primary N) is 1. The lowest BCUT2D eigenvalue weighted by Gasteiger charge is -2.64. The number of benzene rings is 1. The highest BCUT2D eigenvalue weighted by Gasteiger charge is 2.67. The zero-order valence-corrected chi connectivity index (χ0v) is 43.2. The van der Waals surface area contributed by atoms with Crippen LogP contribution in [0.3, 0.4) is 0 Å². The Morgan fingerprint density at radius 3 is 2.47 bits per heavy atom. The number of carboxylic acids is 1. The van der Waals surface area contributed by atoms with Crippen molar-refractivity contribution >= 4 is 23.4 Å². The van der Waals surface area contributed by atoms with E-state index in [-0.39, 0.29) is 95.3 Å². The fourth-order valence-corrected chi connectivity index (χ4v) is 17.3. The first-order valence-corrected chi connectivity index (χ1v) is 27.4. The summed E-state index contributed by atoms with van der Waals surface area (Å²) in [5.41, 5.74) is 10.6. The molecule has 0 amide bonds. The molecule has 1 aromatic carbocycles. The molecule has 5 N–H and O–H groups in total. The predicted molar refractivity (Wildman–Crippen MR) is 270 cm³/mol. The minimum Gasteiger partial charge on any atom is -0.481 e. The SMILES string of the molecule is CC#C[C@]1(O)CCC2C3CCC4=CC(=O)CCC4=C3[C@H](c3ccc(N(C)CCO[C@H]4CC[C@@]5(C)[C@@H](C4)C[C@@H](OCOC(=O)CCCN)[C@@H]4[C@@H]5C[C@H](O)[C@]5(C)[C@@H]([C@H](C)CCC(=O)O)CC[C@@H]45)cc3)C[C@@]21C. The summed E-state index contributed by atoms with van der Waals surface area (Å²) in [7, 11) is 2.14. The van der Waals surface area contributed by atoms with Crippen LogP contribution < -0.4 is 10.6 Å². The predicted octanol–water partition coefficient (Wildman–Crippen LogP) is 9.53. The van der Waals surface area contributed by atoms with E-state index in [1.54, 1.807) is 0 Å². The van der Waals surface area contributed by atoms with Crippen LogP contribution in [0.5, 0.6) is 0 Å². The number of fused-ring (bicyclic) bond motifs is 9. The number of aliphatic carboxylic acids is 1. The number of allylic oxidation sites excluding steroid dienone is 4. The zero-order chi connectivity index (χ0) is 49.8. The van der Waals surface area contributed by atoms with Crippen molar-refractivity contribution in [3.8, 4) is 11.8 Å². The van der Waals surface area contributed by atoms with E-state index in [4.69, 9.17) is 19.9 Å². The average molecular weight is 965 g/mol. The first-order chi connectivity index (χ1) is 33.4. The number of carbonyl (C=O) groups excluding carboxylic acids is 2. The van der Waals surface area contributed by atoms with Gasteiger partial charge in [0.05, 0.1) is 24.9 Å². The van der Waals surface area contributed by atoms with Gasteiger partial charge in [0.25, 0.3) is 0 Å². The molecule has 11 heteroatoms. The maximum Gasteiger partial charge on any atom is 0.307 e. The van der Waals surface area contributed by atoms with Gasteiger partial charge in [-0.15, -0.1) is 5.92 Å². The lowest BCUT2D eigenvalue weighted by Crippen LogP contribution is -2.63. The van der Waals surface area contributed by atoms with Crippen molar-refractivity contribution in [1.82, 2.24) is 0 Å². The number of hydrogen-bond donors (Lipinski definition) is 4. The van der Waals surface area contributed by atoms with Crippen molar-refractivity contribution < 1.29 is 43.9 Å². The number of carboxylic acid groups (broad SMARTS) is 1. The third-order valence-corrected chi connectivity index (χ3v) is 21.1. The maximum atomic E-state index is 12.6. The Morgan fingerprint density at radius 1 is 0.943 bits per heavy atom. The van der Waals surface area contributed by atoms with E-state index in [1.165, 1.54) is 22.3 Å². The van der Waals surface area contributed by atoms with Crippen molar-refractivity contribution in [3.63, 3.8) is 0 Å². The van der Waals surface area contributed by atoms with Crippen LogP contribution >= 0.6 is 0 Å². The van der Waals surface area contributed by atoms with Crippen molar-refractivity contribution in [1.29, 1.82) is 0 Å². The highest BCUT2D eigenvalue weighted by atomic mass is 16.7. The van der Waals surface area contributed by atoms with E-state index in [2.05, 4.69) is 75.7 Å². The third kappa shape index (κ3) is 9.15. The smallest absolute Gasteiger partial charge is 0.307 e. The number of ketones is 1. The highest BCUT2D eigenvalue weighted by molar-refractivity contribution is 5.93. The van der Waals surface area contributed by atoms with Gasteiger partial charge in [0.2, 0.25) is 0 Å². The number of aliphatic hydroxyl groups is 2. The molecule has 1 aromatic rings. The van der Waals surface area contributed by atoms with Crippen LogP contribution in [0.2, 0.25) is 0 Å². The summed E-state index contributed by atoms with van der Waals surface area (Å²) in [4.78, 5) is 39.0. The lowest BCUT2D eigenvalue weighted by atomic mass is 9.43. The molecule has 6 saturated carbocycles. The summed E-state index contributed by atoms with van der Waals surface area (Å²) in [6, 6.07) is 9.08. The fraction of sp³-hybridized carbons (Fsp3) is 0.746. The molecular formula is C59H84N2O9. The van der Waals surface area contributed by atoms with E-state index in [1.807, 2.05) is 13.0 Å². The lowest BCUT2D eigenvalue weighted by molar-refractivity contribution is -0.232. The van der Waals surface area contributed by atoms with Gasteiger partial charge in [0, 0.05) is 49.9 Å². The monoisotopic (exact) mass is 965 g/mol. The second-order valence-electron chi connectivity index (χ2n) is 24.2. The summed E-state index contributed by atoms with van der Waals surface area (Å²) in [6.45, 7) is 12.7. The van der Waals surface area contributed by atoms with Crippen LogP contribution in [0, 0.1) is 75.4 Å². The number of ether oxygens (including phenoxy) is 3. The van der Waals surface area contributed by atoms with Crippen molar-refractivity contribution in [3.05, 3.63) is 52.6 Å². The number of rotatable bonds is 16. The normalized spacial score (nSPS) is 40.0. The van der Waals surface area contributed by atoms with Gasteiger partial charge in [0.1, 0.15) is 5.60 Å². The molecule has 11 nitrogen and oxygen atoms in total. The van der Waals surface area contributed by atoms with Gasteiger partial charge in [-0.2, -0.15) is 0 Å². The largest absolute Gasteiger partial charge is 0.481 e. The Balaban J connectivity index is 0.869. The summed E-state index contributed by atoms with van der Waals surface area (Å²) in [5, 5.41) is 33.9. The molecule has 9 rings (SSSR count). The molecule has 8 aliphatic carbocycles. The molecule has 384 valence electrons. The van der Waals surface area contributed by atoms with Crippen LogP contribution in [0.1, 0.15) is 162 Å². The Morgan fingerprint density at radius 2 is 1.73 bits per heavy atom. The second-order valence-corrected chi connectivity index (χ2v) is 24.2. The van der Waals surface area contributed by atoms with Gasteiger partial charge >= 0.3 is 11.9 Å². The Bertz CT molecular complexity index is 2250. The minimum absolute atomic E-state index is 0.00719. The number of hydrogen-bond acceptors (Lipinski definition) is 10. The van der Waals surface area contributed by atoms with Gasteiger partial charge in [-0.3, -0.25) is 14.4 Å². The molecule has 8 aliphatic rings. The number of anilines is 1. The molecule has 2 unspecified atom stereocenters. The van der Waals surface area contributed by atoms with Gasteiger partial charge < -0.3 is 40.2 Å². The van der Waals surface area contributed by atoms with Crippen LogP contribution in [0.25, 0.3) is 0 Å². The van der Waals surface area contributed by atoms with Gasteiger partial charge in [-0.1, -0.05) is 51.3 Å². The fourth-order valence-electron chi connectivity index (χ4n) is 17.3. The van der Waals surface area contributed by atoms with Crippen molar-refractivity contribution in [2.45, 2.75) is 180 Å². The van der Waals surface area contributed by atoms with E-state index < -0.39 is 17.7 Å². The quantitative estimate of drug-likeness (QED) is 0.0708. The first kappa shape index (κ1) is 51.4. The molecular weight excluding hydrogens is 881 g/mol. The van der Waals surface area contributed by atoms with Crippen molar-refractivity contribution in [2.75, 3.05) is 38.4 Å². The topological polar surface area (TPSA) is 169 Å². The molecule has 0 aliphatic heterocycles. The molecule has 0 saturated heterocycles. The maximum absolute atomic E-state index is 12.6. The zero-order valence-electron chi connectivity index (χ0n) is 43.2. The summed E-state index contributed by atoms with van der Waals surface area (Å²) < 4.78 is 19.1. The highest BCUT2D eigenvalue weighted by Crippen LogP contribution is 2.70. The molecule has 0 aromatic heterocycles. The molecule has 6 fully saturated rings. The standard InChI is InChI=1S/C59H84N2O9/c1-7-24-59(67)26-23-47-44-17-13-38-30-41(62)16-18-43(38)54(44)45(34-57(47,59)4)37-11-14-40(15-12-37)61(6)28-29-68-42-22-25-56(3)39(31-42)32-50(69-35-70-53(66)9-8-27-60)55-48-20-19-46(36(2)10-21-52(64)65)58(48,5)51(63)33-49(55)56/h11-12,14-15,30,36,39,42,44-51,55,63,67H,8-10,13,16-23,25-29,31-35,60H2,1-6H3,(H,64,65)/t36-,39+,42+,44?,45+,46-,47?,48+,49+,50-,51+,55+,56+,57+,58-,59+/m1/s1. The number of nitrogens with zero attached hydrogens (tertiary/aromatic N) is 1. The Hall–Kier alpha value is -3.53. The first-order valence-electron chi connectivity index (χ1n) is 27.4. The summed E-state index contributed by atoms with van der Waals surface area (Å²) in [5.74, 6) is 7.91. The Kier molecular flexibility index (Phi) is 15.0. The molecule has 16 atom stereocenters. The third-order valence-electron chi connectivity index (χ3n) is 21.1. The van der Waals surface area contributed by atoms with Gasteiger partial charge in [-0.05, 0) is 203 Å². The van der Waals surface area contributed by atoms with Gasteiger partial charge in [0.15, 0.2) is 12.6 Å². The van der Waals surface area contributed by atoms with Crippen LogP contribution in [0.15, 0.2) is 47.1 Å². The van der Waals surface area contributed by atoms with E-state index in [0.717, 1.165) is 82.9 Å². The van der Waals surface area contributed by atoms with Crippen molar-refractivity contribution in [2.24, 2.45) is 69.3 Å². The van der Waals surface area contributed by atoms with E-state index in [9.17, 15) is 29.7 Å². The van der Waals surface area contributed by atoms with Crippen LogP contribution in [-0.2, 0) is 28.6 Å². The minimum atomic E-state index is -1.00. The van der Waals surface area contributed by atoms with E-state index in [0.29, 0.717) is 63.0 Å². The molecule has 0 radical (unpaired) electrons. The number of carbonyl (C=O) groups is 3. The number of aliphatic hydroxyl groups excluding tert-OH is 1. The molecule has 0 bridgehead atoms. The second kappa shape index (κ2) is 20.4. The van der Waals surface area contributed by atoms with Crippen LogP contribution in [-0.4, -0.2) is 90.5 Å². The summed E-state index contributed by atoms with van der Waals surface area (Å²) in [6.07, 6.45) is 15.3. The number of likely N-dealkylation sites (N-methyl/N-ethyl adjacent to an activating group) is 1. The number of esters is 1. The average Bonchev–Trinajstić information content (AvgIpc) is 3.83. The van der Waals surface area contributed by atoms with E-state index >= 15 is 0 Å². The molecule has 0 spiro atoms. The Labute approximate surface area is 418 Å². The summed E-state index contributed by atoms with van der Waals surface area (Å²) >= 11 is 0. The van der Waals surface area contributed by atoms with Crippen LogP contribution in [0.4, 0.5) is 5.69 Å². The molecule has 0 heterocycles.